The molecule has 0 radical (unpaired) electrons. The van der Waals surface area contributed by atoms with Crippen molar-refractivity contribution in [2.45, 2.75) is 13.3 Å². The van der Waals surface area contributed by atoms with Crippen molar-refractivity contribution in [3.63, 3.8) is 0 Å². The highest BCUT2D eigenvalue weighted by Gasteiger charge is 1.99. The van der Waals surface area contributed by atoms with Crippen LogP contribution in [-0.4, -0.2) is 45.2 Å². The van der Waals surface area contributed by atoms with Gasteiger partial charge in [-0.15, -0.1) is 0 Å². The molecular formula is C14H23ClN2O. The van der Waals surface area contributed by atoms with Crippen molar-refractivity contribution in [3.05, 3.63) is 28.8 Å². The molecule has 1 N–H and O–H groups in total. The molecule has 0 unspecified atom stereocenters. The highest BCUT2D eigenvalue weighted by Crippen LogP contribution is 2.21. The monoisotopic (exact) mass is 270 g/mol. The number of aryl methyl sites for hydroxylation is 1. The van der Waals surface area contributed by atoms with E-state index >= 15 is 0 Å². The van der Waals surface area contributed by atoms with Gasteiger partial charge in [-0.05, 0) is 64.3 Å². The van der Waals surface area contributed by atoms with Gasteiger partial charge < -0.3 is 15.0 Å². The summed E-state index contributed by atoms with van der Waals surface area (Å²) < 4.78 is 5.69. The van der Waals surface area contributed by atoms with E-state index in [4.69, 9.17) is 16.3 Å². The van der Waals surface area contributed by atoms with Crippen molar-refractivity contribution in [1.82, 2.24) is 10.2 Å². The Labute approximate surface area is 115 Å². The van der Waals surface area contributed by atoms with Crippen LogP contribution in [0.25, 0.3) is 0 Å². The molecule has 4 heteroatoms. The van der Waals surface area contributed by atoms with Crippen molar-refractivity contribution in [3.8, 4) is 5.75 Å². The Balaban J connectivity index is 2.11. The van der Waals surface area contributed by atoms with Gasteiger partial charge in [-0.3, -0.25) is 0 Å². The minimum atomic E-state index is 0.685. The number of nitrogens with one attached hydrogen (secondary N) is 1. The molecule has 0 aliphatic rings. The summed E-state index contributed by atoms with van der Waals surface area (Å²) >= 11 is 5.89. The van der Waals surface area contributed by atoms with Crippen LogP contribution in [0.5, 0.6) is 5.75 Å². The smallest absolute Gasteiger partial charge is 0.122 e. The van der Waals surface area contributed by atoms with Crippen molar-refractivity contribution < 1.29 is 4.74 Å². The fourth-order valence-electron chi connectivity index (χ4n) is 1.65. The van der Waals surface area contributed by atoms with E-state index in [2.05, 4.69) is 24.3 Å². The van der Waals surface area contributed by atoms with Gasteiger partial charge >= 0.3 is 0 Å². The number of benzene rings is 1. The molecule has 1 aromatic carbocycles. The van der Waals surface area contributed by atoms with Crippen LogP contribution in [0, 0.1) is 6.92 Å². The Bertz CT molecular complexity index is 356. The predicted octanol–water partition coefficient (Wildman–Crippen LogP) is 2.57. The second-order valence-corrected chi connectivity index (χ2v) is 5.10. The number of rotatable bonds is 8. The second-order valence-electron chi connectivity index (χ2n) is 4.67. The maximum atomic E-state index is 5.89. The van der Waals surface area contributed by atoms with Crippen LogP contribution in [0.4, 0.5) is 0 Å². The molecule has 0 aromatic heterocycles. The molecule has 0 fully saturated rings. The fourth-order valence-corrected chi connectivity index (χ4v) is 1.88. The van der Waals surface area contributed by atoms with Crippen LogP contribution in [0.2, 0.25) is 5.02 Å². The van der Waals surface area contributed by atoms with Gasteiger partial charge in [0.1, 0.15) is 12.4 Å². The quantitative estimate of drug-likeness (QED) is 0.735. The molecule has 0 saturated heterocycles. The van der Waals surface area contributed by atoms with Crippen molar-refractivity contribution in [1.29, 1.82) is 0 Å². The first-order valence-electron chi connectivity index (χ1n) is 6.34. The Hall–Kier alpha value is -0.770. The van der Waals surface area contributed by atoms with E-state index in [0.29, 0.717) is 6.61 Å². The minimum Gasteiger partial charge on any atom is -0.492 e. The molecule has 1 aromatic rings. The van der Waals surface area contributed by atoms with Crippen LogP contribution < -0.4 is 10.1 Å². The zero-order valence-electron chi connectivity index (χ0n) is 11.5. The highest BCUT2D eigenvalue weighted by molar-refractivity contribution is 6.30. The molecule has 1 rings (SSSR count). The average molecular weight is 271 g/mol. The molecular weight excluding hydrogens is 248 g/mol. The molecule has 0 heterocycles. The standard InChI is InChI=1S/C14H23ClN2O/c1-12-11-13(15)5-6-14(12)18-10-8-16-7-4-9-17(2)3/h5-6,11,16H,4,7-10H2,1-3H3. The SMILES string of the molecule is Cc1cc(Cl)ccc1OCCNCCCN(C)C. The van der Waals surface area contributed by atoms with Gasteiger partial charge in [0.2, 0.25) is 0 Å². The maximum Gasteiger partial charge on any atom is 0.122 e. The van der Waals surface area contributed by atoms with Gasteiger partial charge in [0.25, 0.3) is 0 Å². The predicted molar refractivity (Wildman–Crippen MR) is 77.7 cm³/mol. The van der Waals surface area contributed by atoms with Crippen LogP contribution in [0.1, 0.15) is 12.0 Å². The molecule has 3 nitrogen and oxygen atoms in total. The summed E-state index contributed by atoms with van der Waals surface area (Å²) in [6.45, 7) is 5.71. The molecule has 0 amide bonds. The summed E-state index contributed by atoms with van der Waals surface area (Å²) in [5.74, 6) is 0.912. The van der Waals surface area contributed by atoms with Crippen molar-refractivity contribution >= 4 is 11.6 Å². The van der Waals surface area contributed by atoms with Crippen LogP contribution in [-0.2, 0) is 0 Å². The van der Waals surface area contributed by atoms with Gasteiger partial charge in [0, 0.05) is 11.6 Å². The molecule has 18 heavy (non-hydrogen) atoms. The van der Waals surface area contributed by atoms with E-state index in [1.54, 1.807) is 0 Å². The van der Waals surface area contributed by atoms with Gasteiger partial charge in [0.05, 0.1) is 0 Å². The van der Waals surface area contributed by atoms with Gasteiger partial charge in [0.15, 0.2) is 0 Å². The number of nitrogens with zero attached hydrogens (tertiary/aromatic N) is 1. The van der Waals surface area contributed by atoms with E-state index in [1.165, 1.54) is 0 Å². The number of halogens is 1. The highest BCUT2D eigenvalue weighted by atomic mass is 35.5. The van der Waals surface area contributed by atoms with Crippen molar-refractivity contribution in [2.24, 2.45) is 0 Å². The molecule has 0 aliphatic heterocycles. The summed E-state index contributed by atoms with van der Waals surface area (Å²) in [7, 11) is 4.18. The number of ether oxygens (including phenoxy) is 1. The summed E-state index contributed by atoms with van der Waals surface area (Å²) in [4.78, 5) is 2.19. The normalized spacial score (nSPS) is 10.9. The maximum absolute atomic E-state index is 5.89. The lowest BCUT2D eigenvalue weighted by molar-refractivity contribution is 0.309. The van der Waals surface area contributed by atoms with E-state index in [-0.39, 0.29) is 0 Å². The fraction of sp³-hybridized carbons (Fsp3) is 0.571. The Morgan fingerprint density at radius 1 is 1.28 bits per heavy atom. The Morgan fingerprint density at radius 2 is 2.06 bits per heavy atom. The van der Waals surface area contributed by atoms with E-state index < -0.39 is 0 Å². The van der Waals surface area contributed by atoms with E-state index in [1.807, 2.05) is 25.1 Å². The van der Waals surface area contributed by atoms with Crippen LogP contribution in [0.3, 0.4) is 0 Å². The van der Waals surface area contributed by atoms with E-state index in [9.17, 15) is 0 Å². The third kappa shape index (κ3) is 6.24. The minimum absolute atomic E-state index is 0.685. The second kappa shape index (κ2) is 8.35. The first-order valence-corrected chi connectivity index (χ1v) is 6.72. The average Bonchev–Trinajstić information content (AvgIpc) is 2.30. The molecule has 0 saturated carbocycles. The third-order valence-corrected chi connectivity index (χ3v) is 2.87. The van der Waals surface area contributed by atoms with Crippen LogP contribution in [0.15, 0.2) is 18.2 Å². The van der Waals surface area contributed by atoms with Crippen molar-refractivity contribution in [2.75, 3.05) is 40.3 Å². The molecule has 0 aliphatic carbocycles. The molecule has 102 valence electrons. The molecule has 0 bridgehead atoms. The van der Waals surface area contributed by atoms with Crippen LogP contribution >= 0.6 is 11.6 Å². The van der Waals surface area contributed by atoms with Gasteiger partial charge in [-0.2, -0.15) is 0 Å². The number of hydrogen-bond acceptors (Lipinski definition) is 3. The first kappa shape index (κ1) is 15.3. The summed E-state index contributed by atoms with van der Waals surface area (Å²) in [5, 5.41) is 4.12. The third-order valence-electron chi connectivity index (χ3n) is 2.63. The summed E-state index contributed by atoms with van der Waals surface area (Å²) in [6, 6.07) is 5.69. The topological polar surface area (TPSA) is 24.5 Å². The van der Waals surface area contributed by atoms with Gasteiger partial charge in [-0.25, -0.2) is 0 Å². The number of hydrogen-bond donors (Lipinski definition) is 1. The lowest BCUT2D eigenvalue weighted by Crippen LogP contribution is -2.25. The summed E-state index contributed by atoms with van der Waals surface area (Å²) in [5.41, 5.74) is 1.08. The Kier molecular flexibility index (Phi) is 7.09. The lowest BCUT2D eigenvalue weighted by Gasteiger charge is -2.11. The molecule has 0 atom stereocenters. The summed E-state index contributed by atoms with van der Waals surface area (Å²) in [6.07, 6.45) is 1.16. The zero-order chi connectivity index (χ0) is 13.4. The van der Waals surface area contributed by atoms with E-state index in [0.717, 1.165) is 42.4 Å². The largest absolute Gasteiger partial charge is 0.492 e. The van der Waals surface area contributed by atoms with Gasteiger partial charge in [-0.1, -0.05) is 11.6 Å². The lowest BCUT2D eigenvalue weighted by atomic mass is 10.2. The zero-order valence-corrected chi connectivity index (χ0v) is 12.3. The molecule has 0 spiro atoms. The Morgan fingerprint density at radius 3 is 2.72 bits per heavy atom. The first-order chi connectivity index (χ1) is 8.59.